The van der Waals surface area contributed by atoms with Crippen LogP contribution in [0.4, 0.5) is 11.5 Å². The van der Waals surface area contributed by atoms with Crippen LogP contribution in [0, 0.1) is 6.92 Å². The molecule has 1 unspecified atom stereocenters. The van der Waals surface area contributed by atoms with E-state index in [1.54, 1.807) is 25.6 Å². The molecule has 0 aliphatic carbocycles. The number of likely N-dealkylation sites (N-methyl/N-ethyl adjacent to an activating group) is 1. The highest BCUT2D eigenvalue weighted by atomic mass is 16.5. The molecule has 152 valence electrons. The quantitative estimate of drug-likeness (QED) is 0.658. The predicted molar refractivity (Wildman–Crippen MR) is 111 cm³/mol. The Hall–Kier alpha value is -3.20. The zero-order chi connectivity index (χ0) is 20.4. The summed E-state index contributed by atoms with van der Waals surface area (Å²) >= 11 is 0. The number of pyridine rings is 1. The molecular weight excluding hydrogens is 370 g/mol. The lowest BCUT2D eigenvalue weighted by atomic mass is 10.3. The maximum Gasteiger partial charge on any atom is 0.276 e. The maximum absolute atomic E-state index is 12.7. The SMILES string of the molecule is CCNC1CCN(c2cnc(C(=O)Nc3cn4cc(C)nc4cc3OC)cn2)C1. The number of anilines is 2. The van der Waals surface area contributed by atoms with Crippen molar-refractivity contribution in [3.8, 4) is 5.75 Å². The van der Waals surface area contributed by atoms with Gasteiger partial charge in [-0.25, -0.2) is 15.0 Å². The van der Waals surface area contributed by atoms with Crippen LogP contribution in [-0.4, -0.2) is 58.0 Å². The summed E-state index contributed by atoms with van der Waals surface area (Å²) in [5.74, 6) is 0.980. The van der Waals surface area contributed by atoms with Crippen molar-refractivity contribution in [3.63, 3.8) is 0 Å². The Morgan fingerprint density at radius 3 is 2.90 bits per heavy atom. The second-order valence-electron chi connectivity index (χ2n) is 7.11. The number of hydrogen-bond acceptors (Lipinski definition) is 7. The van der Waals surface area contributed by atoms with E-state index in [9.17, 15) is 4.79 Å². The van der Waals surface area contributed by atoms with Crippen molar-refractivity contribution in [1.82, 2.24) is 24.7 Å². The minimum Gasteiger partial charge on any atom is -0.494 e. The summed E-state index contributed by atoms with van der Waals surface area (Å²) in [6.07, 6.45) is 7.91. The second-order valence-corrected chi connectivity index (χ2v) is 7.11. The summed E-state index contributed by atoms with van der Waals surface area (Å²) in [7, 11) is 1.56. The third kappa shape index (κ3) is 4.00. The Morgan fingerprint density at radius 2 is 2.17 bits per heavy atom. The summed E-state index contributed by atoms with van der Waals surface area (Å²) in [5.41, 5.74) is 2.43. The summed E-state index contributed by atoms with van der Waals surface area (Å²) in [6, 6.07) is 2.25. The molecule has 9 heteroatoms. The van der Waals surface area contributed by atoms with Gasteiger partial charge in [-0.1, -0.05) is 6.92 Å². The molecule has 0 spiro atoms. The van der Waals surface area contributed by atoms with Crippen molar-refractivity contribution < 1.29 is 9.53 Å². The Bertz CT molecular complexity index is 1020. The van der Waals surface area contributed by atoms with Crippen LogP contribution in [0.3, 0.4) is 0 Å². The van der Waals surface area contributed by atoms with E-state index in [0.29, 0.717) is 17.5 Å². The standard InChI is InChI=1S/C20H25N7O2/c1-4-21-14-5-6-26(11-14)19-9-22-15(8-23-19)20(28)25-16-12-27-10-13(2)24-18(27)7-17(16)29-3/h7-10,12,14,21H,4-6,11H2,1-3H3,(H,25,28). The molecule has 4 heterocycles. The number of nitrogens with zero attached hydrogens (tertiary/aromatic N) is 5. The van der Waals surface area contributed by atoms with Gasteiger partial charge in [0.25, 0.3) is 5.91 Å². The number of imidazole rings is 1. The molecule has 3 aromatic rings. The first kappa shape index (κ1) is 19.1. The second kappa shape index (κ2) is 8.04. The minimum absolute atomic E-state index is 0.250. The largest absolute Gasteiger partial charge is 0.494 e. The van der Waals surface area contributed by atoms with Crippen molar-refractivity contribution >= 4 is 23.1 Å². The topological polar surface area (TPSA) is 96.7 Å². The molecule has 4 rings (SSSR count). The van der Waals surface area contributed by atoms with Gasteiger partial charge in [0.15, 0.2) is 0 Å². The fraction of sp³-hybridized carbons (Fsp3) is 0.400. The zero-order valence-electron chi connectivity index (χ0n) is 16.8. The van der Waals surface area contributed by atoms with Crippen LogP contribution in [0.5, 0.6) is 5.75 Å². The molecule has 1 saturated heterocycles. The Kier molecular flexibility index (Phi) is 5.30. The first-order valence-electron chi connectivity index (χ1n) is 9.72. The molecule has 1 amide bonds. The molecule has 1 atom stereocenters. The van der Waals surface area contributed by atoms with Crippen LogP contribution in [0.15, 0.2) is 30.9 Å². The number of aryl methyl sites for hydroxylation is 1. The van der Waals surface area contributed by atoms with Crippen molar-refractivity contribution in [2.75, 3.05) is 37.0 Å². The molecule has 29 heavy (non-hydrogen) atoms. The third-order valence-corrected chi connectivity index (χ3v) is 5.02. The molecule has 2 N–H and O–H groups in total. The van der Waals surface area contributed by atoms with Crippen molar-refractivity contribution in [1.29, 1.82) is 0 Å². The summed E-state index contributed by atoms with van der Waals surface area (Å²) < 4.78 is 7.24. The number of rotatable bonds is 6. The van der Waals surface area contributed by atoms with Crippen molar-refractivity contribution in [3.05, 3.63) is 42.2 Å². The van der Waals surface area contributed by atoms with E-state index >= 15 is 0 Å². The molecule has 0 radical (unpaired) electrons. The molecule has 9 nitrogen and oxygen atoms in total. The van der Waals surface area contributed by atoms with Gasteiger partial charge in [-0.15, -0.1) is 0 Å². The number of methoxy groups -OCH3 is 1. The summed E-state index contributed by atoms with van der Waals surface area (Å²) in [5, 5.41) is 6.31. The number of carbonyl (C=O) groups is 1. The van der Waals surface area contributed by atoms with E-state index in [-0.39, 0.29) is 11.6 Å². The van der Waals surface area contributed by atoms with Crippen molar-refractivity contribution in [2.24, 2.45) is 0 Å². The van der Waals surface area contributed by atoms with Crippen LogP contribution in [0.25, 0.3) is 5.65 Å². The number of ether oxygens (including phenoxy) is 1. The fourth-order valence-corrected chi connectivity index (χ4v) is 3.62. The number of fused-ring (bicyclic) bond motifs is 1. The number of amides is 1. The molecule has 1 aliphatic rings. The van der Waals surface area contributed by atoms with Crippen LogP contribution in [0.1, 0.15) is 29.5 Å². The minimum atomic E-state index is -0.342. The molecule has 0 aromatic carbocycles. The summed E-state index contributed by atoms with van der Waals surface area (Å²) in [6.45, 7) is 6.80. The fourth-order valence-electron chi connectivity index (χ4n) is 3.62. The van der Waals surface area contributed by atoms with Gasteiger partial charge in [-0.05, 0) is 19.9 Å². The summed E-state index contributed by atoms with van der Waals surface area (Å²) in [4.78, 5) is 28.0. The average Bonchev–Trinajstić information content (AvgIpc) is 3.33. The third-order valence-electron chi connectivity index (χ3n) is 5.02. The van der Waals surface area contributed by atoms with Gasteiger partial charge < -0.3 is 24.7 Å². The van der Waals surface area contributed by atoms with Gasteiger partial charge in [0.2, 0.25) is 0 Å². The van der Waals surface area contributed by atoms with Gasteiger partial charge in [-0.2, -0.15) is 0 Å². The van der Waals surface area contributed by atoms with Crippen LogP contribution in [0.2, 0.25) is 0 Å². The molecule has 1 aliphatic heterocycles. The zero-order valence-corrected chi connectivity index (χ0v) is 16.8. The van der Waals surface area contributed by atoms with Gasteiger partial charge >= 0.3 is 0 Å². The highest BCUT2D eigenvalue weighted by molar-refractivity contribution is 6.03. The Labute approximate surface area is 169 Å². The molecule has 0 saturated carbocycles. The van der Waals surface area contributed by atoms with Crippen LogP contribution >= 0.6 is 0 Å². The van der Waals surface area contributed by atoms with Gasteiger partial charge in [0, 0.05) is 37.6 Å². The average molecular weight is 395 g/mol. The monoisotopic (exact) mass is 395 g/mol. The maximum atomic E-state index is 12.7. The number of nitrogens with one attached hydrogen (secondary N) is 2. The van der Waals surface area contributed by atoms with E-state index in [4.69, 9.17) is 4.74 Å². The molecular formula is C20H25N7O2. The number of aromatic nitrogens is 4. The van der Waals surface area contributed by atoms with Crippen LogP contribution < -0.4 is 20.3 Å². The Morgan fingerprint density at radius 1 is 1.31 bits per heavy atom. The normalized spacial score (nSPS) is 16.4. The predicted octanol–water partition coefficient (Wildman–Crippen LogP) is 1.88. The first-order chi connectivity index (χ1) is 14.1. The number of hydrogen-bond donors (Lipinski definition) is 2. The highest BCUT2D eigenvalue weighted by Crippen LogP contribution is 2.26. The van der Waals surface area contributed by atoms with E-state index in [1.165, 1.54) is 6.20 Å². The highest BCUT2D eigenvalue weighted by Gasteiger charge is 2.23. The van der Waals surface area contributed by atoms with E-state index in [0.717, 1.165) is 43.2 Å². The lowest BCUT2D eigenvalue weighted by Crippen LogP contribution is -2.32. The lowest BCUT2D eigenvalue weighted by Gasteiger charge is -2.17. The molecule has 0 bridgehead atoms. The van der Waals surface area contributed by atoms with E-state index in [1.807, 2.05) is 17.5 Å². The van der Waals surface area contributed by atoms with E-state index < -0.39 is 0 Å². The van der Waals surface area contributed by atoms with Gasteiger partial charge in [-0.3, -0.25) is 4.79 Å². The Balaban J connectivity index is 1.48. The smallest absolute Gasteiger partial charge is 0.276 e. The van der Waals surface area contributed by atoms with Gasteiger partial charge in [0.1, 0.15) is 28.6 Å². The first-order valence-corrected chi connectivity index (χ1v) is 9.72. The van der Waals surface area contributed by atoms with Gasteiger partial charge in [0.05, 0.1) is 25.2 Å². The molecule has 1 fully saturated rings. The number of carbonyl (C=O) groups excluding carboxylic acids is 1. The van der Waals surface area contributed by atoms with Crippen LogP contribution in [-0.2, 0) is 0 Å². The van der Waals surface area contributed by atoms with Crippen molar-refractivity contribution in [2.45, 2.75) is 26.3 Å². The van der Waals surface area contributed by atoms with E-state index in [2.05, 4.69) is 37.4 Å². The molecule has 3 aromatic heterocycles. The lowest BCUT2D eigenvalue weighted by molar-refractivity contribution is 0.102.